The lowest BCUT2D eigenvalue weighted by molar-refractivity contribution is -0.253. The summed E-state index contributed by atoms with van der Waals surface area (Å²) in [5, 5.41) is 9.80. The van der Waals surface area contributed by atoms with Crippen molar-refractivity contribution in [2.24, 2.45) is 0 Å². The molecule has 1 unspecified atom stereocenters. The maximum atomic E-state index is 13.4. The number of nitrogens with zero attached hydrogens (tertiary/aromatic N) is 1. The Kier molecular flexibility index (Phi) is 8.58. The maximum absolute atomic E-state index is 13.4. The van der Waals surface area contributed by atoms with Gasteiger partial charge in [0.1, 0.15) is 17.2 Å². The van der Waals surface area contributed by atoms with Crippen LogP contribution in [0.5, 0.6) is 17.2 Å². The number of halogens is 7. The summed E-state index contributed by atoms with van der Waals surface area (Å²) in [6.45, 7) is -1.17. The lowest BCUT2D eigenvalue weighted by atomic mass is 9.91. The molecule has 1 atom stereocenters. The number of fused-ring (bicyclic) bond motifs is 1. The number of ether oxygens (including phenoxy) is 2. The zero-order valence-electron chi connectivity index (χ0n) is 20.6. The summed E-state index contributed by atoms with van der Waals surface area (Å²) >= 11 is 0. The molecule has 4 rings (SSSR count). The monoisotopic (exact) mass is 557 g/mol. The van der Waals surface area contributed by atoms with Gasteiger partial charge in [-0.2, -0.15) is 30.7 Å². The zero-order chi connectivity index (χ0) is 28.2. The molecule has 1 aliphatic rings. The van der Waals surface area contributed by atoms with E-state index in [0.29, 0.717) is 11.5 Å². The maximum Gasteiger partial charge on any atom is 0.461 e. The highest BCUT2D eigenvalue weighted by Crippen LogP contribution is 2.35. The number of aliphatic hydroxyl groups excluding tert-OH is 1. The van der Waals surface area contributed by atoms with E-state index in [0.717, 1.165) is 43.4 Å². The minimum Gasteiger partial charge on any atom is -0.457 e. The number of aryl methyl sites for hydroxylation is 1. The van der Waals surface area contributed by atoms with Crippen molar-refractivity contribution < 1.29 is 45.3 Å². The first-order valence-electron chi connectivity index (χ1n) is 12.2. The van der Waals surface area contributed by atoms with Crippen LogP contribution in [0.2, 0.25) is 0 Å². The Morgan fingerprint density at radius 1 is 0.846 bits per heavy atom. The average Bonchev–Trinajstić information content (AvgIpc) is 2.88. The highest BCUT2D eigenvalue weighted by Gasteiger charge is 2.44. The third-order valence-corrected chi connectivity index (χ3v) is 6.31. The van der Waals surface area contributed by atoms with E-state index in [2.05, 4.69) is 4.74 Å². The molecule has 0 saturated carbocycles. The van der Waals surface area contributed by atoms with Crippen LogP contribution >= 0.6 is 0 Å². The quantitative estimate of drug-likeness (QED) is 0.262. The zero-order valence-corrected chi connectivity index (χ0v) is 20.6. The van der Waals surface area contributed by atoms with Crippen LogP contribution in [0.4, 0.5) is 36.4 Å². The van der Waals surface area contributed by atoms with E-state index in [4.69, 9.17) is 4.74 Å². The van der Waals surface area contributed by atoms with E-state index in [1.165, 1.54) is 34.7 Å². The fourth-order valence-electron chi connectivity index (χ4n) is 4.42. The van der Waals surface area contributed by atoms with Crippen molar-refractivity contribution in [3.63, 3.8) is 0 Å². The minimum absolute atomic E-state index is 0.190. The van der Waals surface area contributed by atoms with Crippen LogP contribution in [0, 0.1) is 0 Å². The Morgan fingerprint density at radius 3 is 2.28 bits per heavy atom. The third kappa shape index (κ3) is 7.35. The van der Waals surface area contributed by atoms with Crippen molar-refractivity contribution in [1.82, 2.24) is 0 Å². The van der Waals surface area contributed by atoms with E-state index >= 15 is 0 Å². The van der Waals surface area contributed by atoms with E-state index in [9.17, 15) is 35.8 Å². The molecule has 3 aromatic rings. The fourth-order valence-corrected chi connectivity index (χ4v) is 4.42. The summed E-state index contributed by atoms with van der Waals surface area (Å²) in [5.74, 6) is 0.419. The van der Waals surface area contributed by atoms with Gasteiger partial charge in [-0.1, -0.05) is 30.3 Å². The van der Waals surface area contributed by atoms with Gasteiger partial charge in [0.05, 0.1) is 6.54 Å². The van der Waals surface area contributed by atoms with Crippen LogP contribution in [-0.4, -0.2) is 36.5 Å². The van der Waals surface area contributed by atoms with Gasteiger partial charge < -0.3 is 19.5 Å². The number of alkyl halides is 7. The normalized spacial score (nSPS) is 14.6. The minimum atomic E-state index is -4.92. The molecule has 0 amide bonds. The Labute approximate surface area is 220 Å². The Morgan fingerprint density at radius 2 is 1.54 bits per heavy atom. The molecule has 0 spiro atoms. The number of anilines is 1. The molecule has 4 nitrogen and oxygen atoms in total. The van der Waals surface area contributed by atoms with Crippen molar-refractivity contribution in [2.45, 2.75) is 57.0 Å². The first-order valence-corrected chi connectivity index (χ1v) is 12.2. The van der Waals surface area contributed by atoms with Gasteiger partial charge in [0.25, 0.3) is 0 Å². The number of hydrogen-bond acceptors (Lipinski definition) is 4. The van der Waals surface area contributed by atoms with Crippen LogP contribution in [0.3, 0.4) is 0 Å². The van der Waals surface area contributed by atoms with Gasteiger partial charge in [-0.15, -0.1) is 0 Å². The standard InChI is InChI=1S/C28H26F7NO3/c29-26(30)28(34,35)39-22-11-3-6-18(14-22)16-36(17-25(37)27(31,32)33)20-9-5-10-21(15-20)38-24-13-4-8-19-7-1-2-12-23(19)24/h3-6,8-11,13-15,25-26,37H,1-2,7,12,16-17H2. The number of rotatable bonds is 10. The molecule has 0 aliphatic heterocycles. The second-order valence-corrected chi connectivity index (χ2v) is 9.25. The molecule has 0 heterocycles. The number of aliphatic hydroxyl groups is 1. The van der Waals surface area contributed by atoms with Crippen molar-refractivity contribution >= 4 is 5.69 Å². The summed E-state index contributed by atoms with van der Waals surface area (Å²) < 4.78 is 102. The Hall–Kier alpha value is -3.47. The number of hydrogen-bond donors (Lipinski definition) is 1. The van der Waals surface area contributed by atoms with E-state index in [1.807, 2.05) is 18.2 Å². The van der Waals surface area contributed by atoms with Crippen molar-refractivity contribution in [3.8, 4) is 17.2 Å². The Balaban J connectivity index is 1.60. The van der Waals surface area contributed by atoms with E-state index < -0.39 is 37.1 Å². The topological polar surface area (TPSA) is 41.9 Å². The summed E-state index contributed by atoms with van der Waals surface area (Å²) in [7, 11) is 0. The molecular formula is C28H26F7NO3. The molecule has 11 heteroatoms. The van der Waals surface area contributed by atoms with Crippen LogP contribution in [0.15, 0.2) is 66.7 Å². The number of benzene rings is 3. The molecule has 210 valence electrons. The highest BCUT2D eigenvalue weighted by molar-refractivity contribution is 5.53. The van der Waals surface area contributed by atoms with Gasteiger partial charge in [0.15, 0.2) is 6.10 Å². The third-order valence-electron chi connectivity index (χ3n) is 6.31. The van der Waals surface area contributed by atoms with Gasteiger partial charge in [0, 0.05) is 18.3 Å². The summed E-state index contributed by atoms with van der Waals surface area (Å²) in [5.41, 5.74) is 2.71. The lowest BCUT2D eigenvalue weighted by Crippen LogP contribution is -2.40. The van der Waals surface area contributed by atoms with E-state index in [-0.39, 0.29) is 17.8 Å². The largest absolute Gasteiger partial charge is 0.461 e. The van der Waals surface area contributed by atoms with Crippen LogP contribution in [0.1, 0.15) is 29.5 Å². The lowest BCUT2D eigenvalue weighted by Gasteiger charge is -2.29. The van der Waals surface area contributed by atoms with Crippen molar-refractivity contribution in [2.75, 3.05) is 11.4 Å². The Bertz CT molecular complexity index is 1270. The summed E-state index contributed by atoms with van der Waals surface area (Å²) in [6.07, 6.45) is -12.6. The van der Waals surface area contributed by atoms with Gasteiger partial charge in [-0.05, 0) is 72.7 Å². The van der Waals surface area contributed by atoms with Gasteiger partial charge in [-0.25, -0.2) is 0 Å². The summed E-state index contributed by atoms with van der Waals surface area (Å²) in [4.78, 5) is 1.19. The SMILES string of the molecule is OC(CN(Cc1cccc(OC(F)(F)C(F)F)c1)c1cccc(Oc2cccc3c2CCCC3)c1)C(F)(F)F. The van der Waals surface area contributed by atoms with Gasteiger partial charge >= 0.3 is 18.7 Å². The molecule has 0 saturated heterocycles. The fraction of sp³-hybridized carbons (Fsp3) is 0.357. The first kappa shape index (κ1) is 28.5. The molecule has 0 fully saturated rings. The molecule has 1 N–H and O–H groups in total. The molecule has 0 aromatic heterocycles. The predicted molar refractivity (Wildman–Crippen MR) is 131 cm³/mol. The molecular weight excluding hydrogens is 531 g/mol. The molecule has 3 aromatic carbocycles. The van der Waals surface area contributed by atoms with Crippen molar-refractivity contribution in [1.29, 1.82) is 0 Å². The highest BCUT2D eigenvalue weighted by atomic mass is 19.4. The molecule has 39 heavy (non-hydrogen) atoms. The smallest absolute Gasteiger partial charge is 0.457 e. The summed E-state index contributed by atoms with van der Waals surface area (Å²) in [6, 6.07) is 16.7. The molecule has 0 bridgehead atoms. The van der Waals surface area contributed by atoms with Gasteiger partial charge in [0.2, 0.25) is 0 Å². The van der Waals surface area contributed by atoms with Crippen molar-refractivity contribution in [3.05, 3.63) is 83.4 Å². The first-order chi connectivity index (χ1) is 18.4. The van der Waals surface area contributed by atoms with Crippen LogP contribution < -0.4 is 14.4 Å². The second kappa shape index (κ2) is 11.7. The molecule has 1 aliphatic carbocycles. The van der Waals surface area contributed by atoms with Gasteiger partial charge in [-0.3, -0.25) is 0 Å². The van der Waals surface area contributed by atoms with Crippen LogP contribution in [0.25, 0.3) is 0 Å². The predicted octanol–water partition coefficient (Wildman–Crippen LogP) is 7.52. The van der Waals surface area contributed by atoms with Crippen LogP contribution in [-0.2, 0) is 19.4 Å². The molecule has 0 radical (unpaired) electrons. The van der Waals surface area contributed by atoms with E-state index in [1.54, 1.807) is 12.1 Å². The second-order valence-electron chi connectivity index (χ2n) is 9.25. The average molecular weight is 558 g/mol.